The third kappa shape index (κ3) is 5.89. The van der Waals surface area contributed by atoms with E-state index >= 15 is 0 Å². The number of anilines is 2. The Bertz CT molecular complexity index is 744. The van der Waals surface area contributed by atoms with E-state index in [2.05, 4.69) is 25.8 Å². The molecule has 28 heavy (non-hydrogen) atoms. The van der Waals surface area contributed by atoms with Crippen LogP contribution in [0.15, 0.2) is 5.10 Å². The Labute approximate surface area is 173 Å². The smallest absolute Gasteiger partial charge is 0.278 e. The van der Waals surface area contributed by atoms with Gasteiger partial charge in [0.2, 0.25) is 6.41 Å². The van der Waals surface area contributed by atoms with E-state index in [4.69, 9.17) is 23.1 Å². The number of hydrogen-bond acceptors (Lipinski definition) is 9. The van der Waals surface area contributed by atoms with Crippen molar-refractivity contribution in [3.05, 3.63) is 10.8 Å². The molecule has 0 aromatic carbocycles. The zero-order chi connectivity index (χ0) is 19.4. The molecule has 2 saturated carbocycles. The topological polar surface area (TPSA) is 164 Å². The Hall–Kier alpha value is -2.21. The highest BCUT2D eigenvalue weighted by Gasteiger charge is 2.37. The molecular formula is C15H23Cl2N9O2. The van der Waals surface area contributed by atoms with E-state index in [9.17, 15) is 9.59 Å². The van der Waals surface area contributed by atoms with Gasteiger partial charge in [0.15, 0.2) is 22.5 Å². The first kappa shape index (κ1) is 22.1. The van der Waals surface area contributed by atoms with E-state index in [0.717, 1.165) is 19.3 Å². The van der Waals surface area contributed by atoms with Crippen LogP contribution in [0.5, 0.6) is 0 Å². The van der Waals surface area contributed by atoms with Crippen LogP contribution in [0.1, 0.15) is 29.8 Å². The van der Waals surface area contributed by atoms with Gasteiger partial charge in [0.25, 0.3) is 5.91 Å². The third-order valence-corrected chi connectivity index (χ3v) is 4.66. The number of halogens is 2. The molecule has 1 aromatic heterocycles. The van der Waals surface area contributed by atoms with Crippen molar-refractivity contribution in [1.82, 2.24) is 26.1 Å². The molecule has 2 aliphatic rings. The predicted octanol–water partition coefficient (Wildman–Crippen LogP) is -0.379. The van der Waals surface area contributed by atoms with Gasteiger partial charge in [0, 0.05) is 19.1 Å². The van der Waals surface area contributed by atoms with Gasteiger partial charge in [-0.25, -0.2) is 20.8 Å². The van der Waals surface area contributed by atoms with Crippen molar-refractivity contribution in [3.8, 4) is 0 Å². The number of carbonyl (C=O) groups is 2. The summed E-state index contributed by atoms with van der Waals surface area (Å²) in [6, 6.07) is 0.131. The number of hydrogen-bond donors (Lipinski definition) is 5. The zero-order valence-electron chi connectivity index (χ0n) is 15.0. The van der Waals surface area contributed by atoms with Gasteiger partial charge in [-0.05, 0) is 31.1 Å². The summed E-state index contributed by atoms with van der Waals surface area (Å²) in [6.07, 6.45) is 4.66. The summed E-state index contributed by atoms with van der Waals surface area (Å²) in [6.45, 7) is 1.34. The van der Waals surface area contributed by atoms with Crippen molar-refractivity contribution in [2.45, 2.75) is 25.3 Å². The first-order valence-corrected chi connectivity index (χ1v) is 8.98. The largest absolute Gasteiger partial charge is 0.381 e. The van der Waals surface area contributed by atoms with Gasteiger partial charge in [-0.1, -0.05) is 11.6 Å². The van der Waals surface area contributed by atoms with Gasteiger partial charge < -0.3 is 16.8 Å². The molecule has 2 aliphatic carbocycles. The van der Waals surface area contributed by atoms with Crippen LogP contribution in [0.3, 0.4) is 0 Å². The zero-order valence-corrected chi connectivity index (χ0v) is 16.5. The van der Waals surface area contributed by atoms with Crippen LogP contribution in [0, 0.1) is 11.8 Å². The van der Waals surface area contributed by atoms with E-state index in [1.54, 1.807) is 5.01 Å². The van der Waals surface area contributed by atoms with E-state index in [-0.39, 0.29) is 40.9 Å². The highest BCUT2D eigenvalue weighted by atomic mass is 35.5. The molecule has 154 valence electrons. The van der Waals surface area contributed by atoms with Gasteiger partial charge in [0.05, 0.1) is 0 Å². The highest BCUT2D eigenvalue weighted by molar-refractivity contribution is 6.31. The number of nitrogens with two attached hydrogens (primary N) is 2. The molecule has 11 nitrogen and oxygen atoms in total. The number of amides is 2. The van der Waals surface area contributed by atoms with Crippen LogP contribution >= 0.6 is 24.0 Å². The summed E-state index contributed by atoms with van der Waals surface area (Å²) < 4.78 is 0. The summed E-state index contributed by atoms with van der Waals surface area (Å²) >= 11 is 5.97. The van der Waals surface area contributed by atoms with Crippen LogP contribution in [0.4, 0.5) is 11.6 Å². The average Bonchev–Trinajstić information content (AvgIpc) is 3.56. The van der Waals surface area contributed by atoms with Gasteiger partial charge in [-0.3, -0.25) is 14.6 Å². The predicted molar refractivity (Wildman–Crippen MR) is 108 cm³/mol. The average molecular weight is 432 g/mol. The number of carbonyl (C=O) groups excluding carboxylic acids is 2. The summed E-state index contributed by atoms with van der Waals surface area (Å²) in [4.78, 5) is 31.1. The Morgan fingerprint density at radius 3 is 2.71 bits per heavy atom. The summed E-state index contributed by atoms with van der Waals surface area (Å²) in [7, 11) is 0. The Morgan fingerprint density at radius 2 is 2.11 bits per heavy atom. The lowest BCUT2D eigenvalue weighted by Gasteiger charge is -2.26. The molecule has 1 heterocycles. The highest BCUT2D eigenvalue weighted by Crippen LogP contribution is 2.32. The minimum absolute atomic E-state index is 0. The maximum Gasteiger partial charge on any atom is 0.278 e. The standard InChI is InChI=1S/C15H22ClN9O2.ClH/c16-12-13(18)24-14(11(23-12)15(27)19-6-20-21-7-26)25(5-9-3-10(9)17)22-4-8-1-2-8;/h6-10,22H,1-5,17H2,(H2,18,24)(H,21,26)(H,19,20,27);1H. The number of aromatic nitrogens is 2. The molecule has 0 saturated heterocycles. The molecule has 13 heteroatoms. The fourth-order valence-electron chi connectivity index (χ4n) is 2.49. The third-order valence-electron chi connectivity index (χ3n) is 4.38. The molecule has 1 aromatic rings. The lowest BCUT2D eigenvalue weighted by molar-refractivity contribution is -0.109. The fraction of sp³-hybridized carbons (Fsp3) is 0.533. The van der Waals surface area contributed by atoms with Crippen molar-refractivity contribution >= 4 is 54.3 Å². The Balaban J connectivity index is 0.00000280. The van der Waals surface area contributed by atoms with Crippen LogP contribution in [-0.2, 0) is 4.79 Å². The number of nitrogens with zero attached hydrogens (tertiary/aromatic N) is 4. The fourth-order valence-corrected chi connectivity index (χ4v) is 2.62. The van der Waals surface area contributed by atoms with Gasteiger partial charge in [-0.2, -0.15) is 5.10 Å². The molecule has 2 unspecified atom stereocenters. The van der Waals surface area contributed by atoms with Gasteiger partial charge in [0.1, 0.15) is 6.34 Å². The second-order valence-corrected chi connectivity index (χ2v) is 6.98. The van der Waals surface area contributed by atoms with Crippen molar-refractivity contribution in [2.24, 2.45) is 22.7 Å². The van der Waals surface area contributed by atoms with Crippen LogP contribution in [0.2, 0.25) is 5.15 Å². The summed E-state index contributed by atoms with van der Waals surface area (Å²) in [5, 5.41) is 7.57. The monoisotopic (exact) mass is 431 g/mol. The Morgan fingerprint density at radius 1 is 1.39 bits per heavy atom. The lowest BCUT2D eigenvalue weighted by Crippen LogP contribution is -2.43. The number of hydrazine groups is 1. The van der Waals surface area contributed by atoms with Crippen molar-refractivity contribution in [3.63, 3.8) is 0 Å². The molecule has 0 aliphatic heterocycles. The summed E-state index contributed by atoms with van der Waals surface area (Å²) in [5.41, 5.74) is 17.1. The molecule has 2 amide bonds. The molecular weight excluding hydrogens is 409 g/mol. The van der Waals surface area contributed by atoms with Gasteiger partial charge in [-0.15, -0.1) is 12.4 Å². The molecule has 0 radical (unpaired) electrons. The van der Waals surface area contributed by atoms with Crippen molar-refractivity contribution in [2.75, 3.05) is 23.8 Å². The van der Waals surface area contributed by atoms with Gasteiger partial charge >= 0.3 is 0 Å². The normalized spacial score (nSPS) is 20.4. The van der Waals surface area contributed by atoms with Crippen molar-refractivity contribution in [1.29, 1.82) is 0 Å². The number of rotatable bonds is 10. The van der Waals surface area contributed by atoms with Crippen LogP contribution < -0.4 is 32.6 Å². The number of nitrogens with one attached hydrogen (secondary N) is 3. The molecule has 2 fully saturated rings. The molecule has 2 atom stereocenters. The first-order valence-electron chi connectivity index (χ1n) is 8.60. The molecule has 0 bridgehead atoms. The first-order chi connectivity index (χ1) is 13.0. The van der Waals surface area contributed by atoms with E-state index in [0.29, 0.717) is 24.8 Å². The van der Waals surface area contributed by atoms with E-state index < -0.39 is 5.91 Å². The number of nitrogen functional groups attached to an aromatic ring is 1. The maximum absolute atomic E-state index is 12.5. The molecule has 0 spiro atoms. The van der Waals surface area contributed by atoms with Crippen molar-refractivity contribution < 1.29 is 9.59 Å². The van der Waals surface area contributed by atoms with Crippen LogP contribution in [-0.4, -0.2) is 47.8 Å². The second-order valence-electron chi connectivity index (χ2n) is 6.63. The second kappa shape index (κ2) is 9.82. The maximum atomic E-state index is 12.5. The molecule has 7 N–H and O–H groups in total. The summed E-state index contributed by atoms with van der Waals surface area (Å²) in [5.74, 6) is 0.611. The minimum Gasteiger partial charge on any atom is -0.381 e. The minimum atomic E-state index is -0.589. The van der Waals surface area contributed by atoms with Crippen LogP contribution in [0.25, 0.3) is 0 Å². The van der Waals surface area contributed by atoms with E-state index in [1.807, 2.05) is 5.43 Å². The molecule has 3 rings (SSSR count). The lowest BCUT2D eigenvalue weighted by atomic mass is 10.3. The SMILES string of the molecule is Cl.Nc1nc(N(CC2CC2N)NCC2CC2)c(C(=O)NC=NNC=O)nc1Cl. The Kier molecular flexibility index (Phi) is 7.75. The van der Waals surface area contributed by atoms with E-state index in [1.165, 1.54) is 12.8 Å². The quantitative estimate of drug-likeness (QED) is 0.145. The number of hydrazone groups is 1.